The third-order valence-electron chi connectivity index (χ3n) is 7.28. The molecule has 0 saturated carbocycles. The Balaban J connectivity index is 1.27. The fourth-order valence-electron chi connectivity index (χ4n) is 4.83. The summed E-state index contributed by atoms with van der Waals surface area (Å²) in [6, 6.07) is 12.3. The van der Waals surface area contributed by atoms with Crippen molar-refractivity contribution in [1.82, 2.24) is 24.2 Å². The second-order valence-electron chi connectivity index (χ2n) is 9.80. The van der Waals surface area contributed by atoms with Gasteiger partial charge < -0.3 is 4.90 Å². The zero-order valence-corrected chi connectivity index (χ0v) is 21.9. The van der Waals surface area contributed by atoms with Gasteiger partial charge in [-0.1, -0.05) is 43.2 Å². The van der Waals surface area contributed by atoms with Crippen LogP contribution >= 0.6 is 0 Å². The van der Waals surface area contributed by atoms with E-state index in [1.54, 1.807) is 18.6 Å². The highest BCUT2D eigenvalue weighted by Crippen LogP contribution is 2.18. The first-order valence-corrected chi connectivity index (χ1v) is 13.0. The van der Waals surface area contributed by atoms with Gasteiger partial charge in [0.15, 0.2) is 11.4 Å². The molecular formula is C31H33N5O. The lowest BCUT2D eigenvalue weighted by Gasteiger charge is -2.34. The van der Waals surface area contributed by atoms with E-state index in [4.69, 9.17) is 0 Å². The van der Waals surface area contributed by atoms with Gasteiger partial charge in [-0.05, 0) is 54.6 Å². The molecular weight excluding hydrogens is 458 g/mol. The molecule has 0 aliphatic carbocycles. The number of aryl methyl sites for hydroxylation is 2. The lowest BCUT2D eigenvalue weighted by Crippen LogP contribution is -2.45. The van der Waals surface area contributed by atoms with Crippen LogP contribution < -0.4 is 0 Å². The van der Waals surface area contributed by atoms with E-state index in [1.807, 2.05) is 35.7 Å². The van der Waals surface area contributed by atoms with Crippen molar-refractivity contribution in [1.29, 1.82) is 0 Å². The summed E-state index contributed by atoms with van der Waals surface area (Å²) in [4.78, 5) is 26.6. The number of rotatable bonds is 6. The van der Waals surface area contributed by atoms with Crippen LogP contribution in [-0.4, -0.2) is 62.7 Å². The minimum Gasteiger partial charge on any atom is -0.301 e. The molecule has 0 spiro atoms. The molecule has 3 heterocycles. The van der Waals surface area contributed by atoms with Crippen molar-refractivity contribution in [3.8, 4) is 11.8 Å². The van der Waals surface area contributed by atoms with Crippen LogP contribution in [-0.2, 0) is 13.0 Å². The fraction of sp³-hybridized carbons (Fsp3) is 0.323. The maximum atomic E-state index is 13.2. The van der Waals surface area contributed by atoms with E-state index in [2.05, 4.69) is 63.7 Å². The lowest BCUT2D eigenvalue weighted by atomic mass is 9.96. The van der Waals surface area contributed by atoms with Gasteiger partial charge in [0.1, 0.15) is 5.69 Å². The van der Waals surface area contributed by atoms with E-state index in [1.165, 1.54) is 11.1 Å². The van der Waals surface area contributed by atoms with Crippen LogP contribution in [0, 0.1) is 25.7 Å². The number of hydrogen-bond acceptors (Lipinski definition) is 5. The number of piperazine rings is 1. The highest BCUT2D eigenvalue weighted by molar-refractivity contribution is 5.98. The molecule has 5 rings (SSSR count). The monoisotopic (exact) mass is 491 g/mol. The molecule has 188 valence electrons. The van der Waals surface area contributed by atoms with Crippen LogP contribution in [0.4, 0.5) is 0 Å². The quantitative estimate of drug-likeness (QED) is 0.297. The van der Waals surface area contributed by atoms with Crippen molar-refractivity contribution in [2.75, 3.05) is 32.7 Å². The van der Waals surface area contributed by atoms with E-state index >= 15 is 0 Å². The van der Waals surface area contributed by atoms with Crippen molar-refractivity contribution in [3.63, 3.8) is 0 Å². The predicted molar refractivity (Wildman–Crippen MR) is 147 cm³/mol. The van der Waals surface area contributed by atoms with Gasteiger partial charge in [-0.2, -0.15) is 0 Å². The highest BCUT2D eigenvalue weighted by atomic mass is 16.1. The minimum absolute atomic E-state index is 0.103. The molecule has 37 heavy (non-hydrogen) atoms. The molecule has 0 amide bonds. The smallest absolute Gasteiger partial charge is 0.167 e. The molecule has 0 radical (unpaired) electrons. The summed E-state index contributed by atoms with van der Waals surface area (Å²) in [6.07, 6.45) is 7.39. The summed E-state index contributed by atoms with van der Waals surface area (Å²) in [7, 11) is 0. The Kier molecular flexibility index (Phi) is 7.45. The topological polar surface area (TPSA) is 53.7 Å². The Labute approximate surface area is 219 Å². The maximum absolute atomic E-state index is 13.2. The average molecular weight is 492 g/mol. The Morgan fingerprint density at radius 1 is 0.946 bits per heavy atom. The summed E-state index contributed by atoms with van der Waals surface area (Å²) >= 11 is 0. The Bertz CT molecular complexity index is 1480. The van der Waals surface area contributed by atoms with E-state index < -0.39 is 0 Å². The summed E-state index contributed by atoms with van der Waals surface area (Å²) in [5.74, 6) is 6.54. The van der Waals surface area contributed by atoms with Crippen molar-refractivity contribution >= 4 is 11.4 Å². The van der Waals surface area contributed by atoms with Gasteiger partial charge in [-0.3, -0.25) is 19.1 Å². The Morgan fingerprint density at radius 3 is 2.54 bits per heavy atom. The molecule has 2 aromatic heterocycles. The molecule has 1 aliphatic heterocycles. The molecule has 6 nitrogen and oxygen atoms in total. The minimum atomic E-state index is 0.103. The molecule has 0 atom stereocenters. The second kappa shape index (κ2) is 11.1. The van der Waals surface area contributed by atoms with Gasteiger partial charge >= 0.3 is 0 Å². The molecule has 1 aliphatic rings. The van der Waals surface area contributed by atoms with Gasteiger partial charge in [0.2, 0.25) is 0 Å². The maximum Gasteiger partial charge on any atom is 0.167 e. The Morgan fingerprint density at radius 2 is 1.76 bits per heavy atom. The van der Waals surface area contributed by atoms with Gasteiger partial charge in [0, 0.05) is 62.7 Å². The number of fused-ring (bicyclic) bond motifs is 1. The first kappa shape index (κ1) is 24.9. The number of Topliss-reactive ketones (excluding diaryl/α,β-unsaturated/α-hetero) is 1. The number of hydrogen-bond donors (Lipinski definition) is 0. The normalized spacial score (nSPS) is 14.5. The number of aromatic nitrogens is 3. The van der Waals surface area contributed by atoms with E-state index in [0.717, 1.165) is 67.3 Å². The fourth-order valence-corrected chi connectivity index (χ4v) is 4.83. The first-order chi connectivity index (χ1) is 18.0. The standard InChI is InChI=1S/C31H33N5O/c1-4-34-13-15-35(16-14-34)22-28-8-6-25(17-24(28)3)18-30(37)27-7-5-23(2)26(19-27)9-10-29-20-33-31-21-32-11-12-36(29)31/h5-8,11-12,17,19-21H,4,13-16,18,22H2,1-3H3. The van der Waals surface area contributed by atoms with Crippen LogP contribution in [0.3, 0.4) is 0 Å². The van der Waals surface area contributed by atoms with E-state index in [0.29, 0.717) is 12.0 Å². The van der Waals surface area contributed by atoms with Gasteiger partial charge in [0.05, 0.1) is 12.4 Å². The predicted octanol–water partition coefficient (Wildman–Crippen LogP) is 4.31. The van der Waals surface area contributed by atoms with Crippen LogP contribution in [0.5, 0.6) is 0 Å². The number of carbonyl (C=O) groups excluding carboxylic acids is 1. The molecule has 1 fully saturated rings. The van der Waals surface area contributed by atoms with Crippen LogP contribution in [0.25, 0.3) is 5.65 Å². The van der Waals surface area contributed by atoms with Crippen molar-refractivity contribution < 1.29 is 4.79 Å². The zero-order valence-electron chi connectivity index (χ0n) is 21.9. The lowest BCUT2D eigenvalue weighted by molar-refractivity contribution is 0.0993. The summed E-state index contributed by atoms with van der Waals surface area (Å²) in [6.45, 7) is 13.0. The number of likely N-dealkylation sites (N-methyl/N-ethyl adjacent to an activating group) is 1. The Hall–Kier alpha value is -3.79. The SMILES string of the molecule is CCN1CCN(Cc2ccc(CC(=O)c3ccc(C)c(C#Cc4cnc5cnccn45)c3)cc2C)CC1. The highest BCUT2D eigenvalue weighted by Gasteiger charge is 2.17. The zero-order chi connectivity index (χ0) is 25.8. The molecule has 0 bridgehead atoms. The summed E-state index contributed by atoms with van der Waals surface area (Å²) < 4.78 is 1.90. The summed E-state index contributed by atoms with van der Waals surface area (Å²) in [5, 5.41) is 0. The van der Waals surface area contributed by atoms with Crippen LogP contribution in [0.2, 0.25) is 0 Å². The summed E-state index contributed by atoms with van der Waals surface area (Å²) in [5.41, 5.74) is 7.77. The van der Waals surface area contributed by atoms with Gasteiger partial charge in [-0.25, -0.2) is 4.98 Å². The average Bonchev–Trinajstić information content (AvgIpc) is 3.33. The third kappa shape index (κ3) is 5.80. The number of ketones is 1. The van der Waals surface area contributed by atoms with E-state index in [-0.39, 0.29) is 5.78 Å². The van der Waals surface area contributed by atoms with Crippen LogP contribution in [0.15, 0.2) is 61.2 Å². The number of imidazole rings is 1. The first-order valence-electron chi connectivity index (χ1n) is 13.0. The molecule has 4 aromatic rings. The van der Waals surface area contributed by atoms with E-state index in [9.17, 15) is 4.79 Å². The molecule has 2 aromatic carbocycles. The molecule has 6 heteroatoms. The van der Waals surface area contributed by atoms with Gasteiger partial charge in [0.25, 0.3) is 0 Å². The van der Waals surface area contributed by atoms with Gasteiger partial charge in [-0.15, -0.1) is 0 Å². The van der Waals surface area contributed by atoms with Crippen molar-refractivity contribution in [2.24, 2.45) is 0 Å². The van der Waals surface area contributed by atoms with Crippen molar-refractivity contribution in [2.45, 2.75) is 33.7 Å². The molecule has 0 N–H and O–H groups in total. The largest absolute Gasteiger partial charge is 0.301 e. The second-order valence-corrected chi connectivity index (χ2v) is 9.80. The number of nitrogens with zero attached hydrogens (tertiary/aromatic N) is 5. The third-order valence-corrected chi connectivity index (χ3v) is 7.28. The molecule has 0 unspecified atom stereocenters. The van der Waals surface area contributed by atoms with Crippen molar-refractivity contribution in [3.05, 3.63) is 100 Å². The molecule has 1 saturated heterocycles. The number of benzene rings is 2. The van der Waals surface area contributed by atoms with Crippen LogP contribution in [0.1, 0.15) is 50.8 Å². The number of carbonyl (C=O) groups is 1.